The van der Waals surface area contributed by atoms with Crippen molar-refractivity contribution in [3.05, 3.63) is 33.8 Å². The predicted molar refractivity (Wildman–Crippen MR) is 61.0 cm³/mol. The van der Waals surface area contributed by atoms with Gasteiger partial charge in [-0.1, -0.05) is 15.9 Å². The molecule has 1 atom stereocenters. The normalized spacial score (nSPS) is 20.2. The Hall–Kier alpha value is -1.24. The van der Waals surface area contributed by atoms with Gasteiger partial charge in [-0.15, -0.1) is 0 Å². The van der Waals surface area contributed by atoms with Crippen LogP contribution in [0.1, 0.15) is 23.6 Å². The molecule has 1 aliphatic heterocycles. The molecule has 1 aliphatic rings. The molecule has 98 valence electrons. The maximum Gasteiger partial charge on any atom is 0.416 e. The standard InChI is InChI=1S/C11H9BrF3NO2/c12-8-4-6(3-7(5-8)11(13,14)15)9-1-2-18-10(17)16-9/h3-5,9H,1-2H2,(H,16,17)/t9-/m0/s1. The first-order valence-electron chi connectivity index (χ1n) is 5.17. The van der Waals surface area contributed by atoms with E-state index in [2.05, 4.69) is 26.0 Å². The number of hydrogen-bond donors (Lipinski definition) is 1. The first-order valence-corrected chi connectivity index (χ1v) is 5.96. The molecular formula is C11H9BrF3NO2. The molecule has 0 unspecified atom stereocenters. The molecule has 1 aromatic rings. The Morgan fingerprint density at radius 1 is 1.33 bits per heavy atom. The highest BCUT2D eigenvalue weighted by molar-refractivity contribution is 9.10. The van der Waals surface area contributed by atoms with Crippen molar-refractivity contribution < 1.29 is 22.7 Å². The molecule has 1 fully saturated rings. The molecule has 1 N–H and O–H groups in total. The van der Waals surface area contributed by atoms with Crippen molar-refractivity contribution >= 4 is 22.0 Å². The van der Waals surface area contributed by atoms with Gasteiger partial charge in [-0.25, -0.2) is 4.79 Å². The van der Waals surface area contributed by atoms with E-state index in [1.165, 1.54) is 0 Å². The van der Waals surface area contributed by atoms with Crippen molar-refractivity contribution in [1.29, 1.82) is 0 Å². The summed E-state index contributed by atoms with van der Waals surface area (Å²) in [6.45, 7) is 0.199. The van der Waals surface area contributed by atoms with E-state index in [0.29, 0.717) is 16.5 Å². The number of carbonyl (C=O) groups excluding carboxylic acids is 1. The molecule has 0 aromatic heterocycles. The Balaban J connectivity index is 2.33. The van der Waals surface area contributed by atoms with Gasteiger partial charge in [0.15, 0.2) is 0 Å². The topological polar surface area (TPSA) is 38.3 Å². The lowest BCUT2D eigenvalue weighted by atomic mass is 10.0. The molecule has 1 heterocycles. The molecule has 3 nitrogen and oxygen atoms in total. The van der Waals surface area contributed by atoms with Gasteiger partial charge >= 0.3 is 12.3 Å². The predicted octanol–water partition coefficient (Wildman–Crippen LogP) is 3.64. The number of benzene rings is 1. The second-order valence-corrected chi connectivity index (χ2v) is 4.81. The number of carbonyl (C=O) groups is 1. The zero-order valence-electron chi connectivity index (χ0n) is 9.05. The summed E-state index contributed by atoms with van der Waals surface area (Å²) in [5.41, 5.74) is -0.332. The maximum absolute atomic E-state index is 12.7. The van der Waals surface area contributed by atoms with Crippen LogP contribution in [0.4, 0.5) is 18.0 Å². The van der Waals surface area contributed by atoms with E-state index in [0.717, 1.165) is 12.1 Å². The van der Waals surface area contributed by atoms with Gasteiger partial charge in [-0.2, -0.15) is 13.2 Å². The van der Waals surface area contributed by atoms with Crippen LogP contribution < -0.4 is 5.32 Å². The van der Waals surface area contributed by atoms with Gasteiger partial charge in [0, 0.05) is 10.9 Å². The van der Waals surface area contributed by atoms with E-state index in [9.17, 15) is 18.0 Å². The van der Waals surface area contributed by atoms with Gasteiger partial charge in [0.05, 0.1) is 18.2 Å². The fourth-order valence-electron chi connectivity index (χ4n) is 1.75. The van der Waals surface area contributed by atoms with E-state index in [4.69, 9.17) is 0 Å². The van der Waals surface area contributed by atoms with Crippen LogP contribution in [0.25, 0.3) is 0 Å². The lowest BCUT2D eigenvalue weighted by Crippen LogP contribution is -2.35. The number of alkyl halides is 3. The van der Waals surface area contributed by atoms with Crippen molar-refractivity contribution in [2.45, 2.75) is 18.6 Å². The SMILES string of the molecule is O=C1N[C@H](c2cc(Br)cc(C(F)(F)F)c2)CCO1. The molecular weight excluding hydrogens is 315 g/mol. The summed E-state index contributed by atoms with van der Waals surface area (Å²) in [5, 5.41) is 2.49. The average Bonchev–Trinajstić information content (AvgIpc) is 2.27. The summed E-state index contributed by atoms with van der Waals surface area (Å²) in [6, 6.07) is 3.15. The summed E-state index contributed by atoms with van der Waals surface area (Å²) >= 11 is 3.04. The summed E-state index contributed by atoms with van der Waals surface area (Å²) in [5.74, 6) is 0. The molecule has 7 heteroatoms. The number of cyclic esters (lactones) is 1. The quantitative estimate of drug-likeness (QED) is 0.856. The van der Waals surface area contributed by atoms with Crippen LogP contribution in [-0.4, -0.2) is 12.7 Å². The number of amides is 1. The largest absolute Gasteiger partial charge is 0.449 e. The lowest BCUT2D eigenvalue weighted by Gasteiger charge is -2.24. The van der Waals surface area contributed by atoms with Crippen molar-refractivity contribution in [2.24, 2.45) is 0 Å². The molecule has 0 aliphatic carbocycles. The fraction of sp³-hybridized carbons (Fsp3) is 0.364. The zero-order chi connectivity index (χ0) is 13.3. The third kappa shape index (κ3) is 2.95. The molecule has 1 saturated heterocycles. The van der Waals surface area contributed by atoms with Gasteiger partial charge in [0.25, 0.3) is 0 Å². The molecule has 1 aromatic carbocycles. The lowest BCUT2D eigenvalue weighted by molar-refractivity contribution is -0.137. The highest BCUT2D eigenvalue weighted by Crippen LogP contribution is 2.34. The third-order valence-corrected chi connectivity index (χ3v) is 3.04. The fourth-order valence-corrected chi connectivity index (χ4v) is 2.26. The van der Waals surface area contributed by atoms with E-state index in [1.807, 2.05) is 0 Å². The number of nitrogens with one attached hydrogen (secondary N) is 1. The van der Waals surface area contributed by atoms with Crippen molar-refractivity contribution in [2.75, 3.05) is 6.61 Å². The smallest absolute Gasteiger partial charge is 0.416 e. The van der Waals surface area contributed by atoms with Crippen LogP contribution >= 0.6 is 15.9 Å². The van der Waals surface area contributed by atoms with Crippen LogP contribution in [0.5, 0.6) is 0 Å². The van der Waals surface area contributed by atoms with Gasteiger partial charge in [0.2, 0.25) is 0 Å². The van der Waals surface area contributed by atoms with Gasteiger partial charge in [-0.05, 0) is 23.8 Å². The van der Waals surface area contributed by atoms with Crippen LogP contribution in [0.3, 0.4) is 0 Å². The first-order chi connectivity index (χ1) is 8.36. The second kappa shape index (κ2) is 4.79. The van der Waals surface area contributed by atoms with Gasteiger partial charge < -0.3 is 10.1 Å². The van der Waals surface area contributed by atoms with Gasteiger partial charge in [0.1, 0.15) is 0 Å². The van der Waals surface area contributed by atoms with E-state index in [-0.39, 0.29) is 6.61 Å². The molecule has 2 rings (SSSR count). The molecule has 0 saturated carbocycles. The number of hydrogen-bond acceptors (Lipinski definition) is 2. The molecule has 0 radical (unpaired) electrons. The number of ether oxygens (including phenoxy) is 1. The number of halogens is 4. The van der Waals surface area contributed by atoms with E-state index < -0.39 is 23.9 Å². The van der Waals surface area contributed by atoms with Crippen LogP contribution in [0.2, 0.25) is 0 Å². The Labute approximate surface area is 109 Å². The minimum Gasteiger partial charge on any atom is -0.449 e. The summed E-state index contributed by atoms with van der Waals surface area (Å²) < 4.78 is 43.0. The van der Waals surface area contributed by atoms with Crippen LogP contribution in [0, 0.1) is 0 Å². The monoisotopic (exact) mass is 323 g/mol. The van der Waals surface area contributed by atoms with Crippen molar-refractivity contribution in [3.63, 3.8) is 0 Å². The van der Waals surface area contributed by atoms with Gasteiger partial charge in [-0.3, -0.25) is 0 Å². The zero-order valence-corrected chi connectivity index (χ0v) is 10.6. The molecule has 0 bridgehead atoms. The minimum atomic E-state index is -4.41. The number of rotatable bonds is 1. The maximum atomic E-state index is 12.7. The van der Waals surface area contributed by atoms with E-state index in [1.54, 1.807) is 6.07 Å². The second-order valence-electron chi connectivity index (χ2n) is 3.89. The molecule has 0 spiro atoms. The van der Waals surface area contributed by atoms with Crippen molar-refractivity contribution in [3.8, 4) is 0 Å². The highest BCUT2D eigenvalue weighted by Gasteiger charge is 2.32. The van der Waals surface area contributed by atoms with E-state index >= 15 is 0 Å². The summed E-state index contributed by atoms with van der Waals surface area (Å²) in [4.78, 5) is 11.0. The highest BCUT2D eigenvalue weighted by atomic mass is 79.9. The van der Waals surface area contributed by atoms with Crippen LogP contribution in [-0.2, 0) is 10.9 Å². The molecule has 1 amide bonds. The first kappa shape index (κ1) is 13.2. The Morgan fingerprint density at radius 2 is 2.06 bits per heavy atom. The Kier molecular flexibility index (Phi) is 3.52. The average molecular weight is 324 g/mol. The Bertz CT molecular complexity index is 476. The summed E-state index contributed by atoms with van der Waals surface area (Å²) in [7, 11) is 0. The molecule has 18 heavy (non-hydrogen) atoms. The number of alkyl carbamates (subject to hydrolysis) is 1. The van der Waals surface area contributed by atoms with Crippen molar-refractivity contribution in [1.82, 2.24) is 5.32 Å². The minimum absolute atomic E-state index is 0.199. The third-order valence-electron chi connectivity index (χ3n) is 2.58. The Morgan fingerprint density at radius 3 is 2.67 bits per heavy atom. The van der Waals surface area contributed by atoms with Crippen LogP contribution in [0.15, 0.2) is 22.7 Å². The summed E-state index contributed by atoms with van der Waals surface area (Å²) in [6.07, 6.45) is -4.58.